The summed E-state index contributed by atoms with van der Waals surface area (Å²) >= 11 is 0. The summed E-state index contributed by atoms with van der Waals surface area (Å²) in [4.78, 5) is 107. The number of alkyl halides is 1. The molecule has 310 valence electrons. The van der Waals surface area contributed by atoms with Crippen molar-refractivity contribution in [3.05, 3.63) is 44.0 Å². The minimum Gasteiger partial charge on any atom is -0.480 e. The standard InChI is InChI=1S/C36H48FN3O16/c1-21-16-25-24-11-10-22-17-23(41)12-13-33(22,2)35(24,37)27(42)19-34(25,3)36(21,56-30(45)9-7-15-55-40(51)52)28(43)20-53-31(46)18-26(32(47)48)38-29(44)8-5-4-6-14-54-39(49)50/h10,12-13,21,24-27,42H,4-9,11,14-20H2,1-3H3,(H,38,44)(H,47,48)/t21-,24?,25?,26?,27-,33-,34-,35-,36-/m0/s1. The van der Waals surface area contributed by atoms with Crippen molar-refractivity contribution >= 4 is 35.4 Å². The number of nitrogens with zero attached hydrogens (tertiary/aromatic N) is 2. The molecule has 4 rings (SSSR count). The monoisotopic (exact) mass is 797 g/mol. The molecule has 0 radical (unpaired) electrons. The summed E-state index contributed by atoms with van der Waals surface area (Å²) in [6, 6.07) is -1.75. The lowest BCUT2D eigenvalue weighted by Crippen LogP contribution is -2.69. The van der Waals surface area contributed by atoms with Crippen molar-refractivity contribution in [1.29, 1.82) is 0 Å². The van der Waals surface area contributed by atoms with E-state index in [4.69, 9.17) is 9.47 Å². The maximum absolute atomic E-state index is 17.8. The summed E-state index contributed by atoms with van der Waals surface area (Å²) in [5.74, 6) is -8.02. The van der Waals surface area contributed by atoms with Crippen LogP contribution in [0.3, 0.4) is 0 Å². The molecule has 0 heterocycles. The minimum atomic E-state index is -2.28. The van der Waals surface area contributed by atoms with Gasteiger partial charge in [0.25, 0.3) is 10.2 Å². The van der Waals surface area contributed by atoms with E-state index in [1.54, 1.807) is 26.8 Å². The number of aliphatic carboxylic acids is 1. The summed E-state index contributed by atoms with van der Waals surface area (Å²) in [5, 5.41) is 42.5. The van der Waals surface area contributed by atoms with E-state index in [0.717, 1.165) is 0 Å². The van der Waals surface area contributed by atoms with Gasteiger partial charge in [0.2, 0.25) is 11.7 Å². The Labute approximate surface area is 320 Å². The third kappa shape index (κ3) is 8.53. The van der Waals surface area contributed by atoms with E-state index < -0.39 is 118 Å². The molecule has 0 saturated heterocycles. The topological polar surface area (TPSA) is 278 Å². The Morgan fingerprint density at radius 2 is 1.66 bits per heavy atom. The van der Waals surface area contributed by atoms with E-state index in [0.29, 0.717) is 12.0 Å². The second-order valence-electron chi connectivity index (χ2n) is 15.4. The van der Waals surface area contributed by atoms with Crippen molar-refractivity contribution in [2.24, 2.45) is 28.6 Å². The van der Waals surface area contributed by atoms with Gasteiger partial charge in [-0.3, -0.25) is 24.0 Å². The molecular weight excluding hydrogens is 749 g/mol. The highest BCUT2D eigenvalue weighted by Crippen LogP contribution is 2.71. The number of hydrogen-bond acceptors (Lipinski definition) is 15. The zero-order chi connectivity index (χ0) is 41.6. The number of Topliss-reactive ketones (excluding diaryl/α,β-unsaturated/α-hetero) is 1. The number of amides is 1. The Bertz CT molecular complexity index is 1670. The number of nitrogens with one attached hydrogen (secondary N) is 1. The lowest BCUT2D eigenvalue weighted by Gasteiger charge is -2.62. The number of unbranched alkanes of at least 4 members (excludes halogenated alkanes) is 2. The number of hydrogen-bond donors (Lipinski definition) is 3. The molecule has 9 atom stereocenters. The average Bonchev–Trinajstić information content (AvgIpc) is 3.33. The Balaban J connectivity index is 1.54. The number of aliphatic hydroxyl groups is 1. The number of carbonyl (C=O) groups excluding carboxylic acids is 5. The van der Waals surface area contributed by atoms with E-state index >= 15 is 4.39 Å². The lowest BCUT2D eigenvalue weighted by molar-refractivity contribution is -0.757. The summed E-state index contributed by atoms with van der Waals surface area (Å²) in [6.07, 6.45) is 1.91. The van der Waals surface area contributed by atoms with Crippen LogP contribution in [0.2, 0.25) is 0 Å². The van der Waals surface area contributed by atoms with Gasteiger partial charge in [-0.1, -0.05) is 38.0 Å². The van der Waals surface area contributed by atoms with Crippen molar-refractivity contribution in [3.8, 4) is 0 Å². The quantitative estimate of drug-likeness (QED) is 0.0525. The molecule has 1 amide bonds. The number of carboxylic acids is 1. The number of esters is 2. The highest BCUT2D eigenvalue weighted by atomic mass is 19.1. The molecule has 2 saturated carbocycles. The van der Waals surface area contributed by atoms with Gasteiger partial charge in [-0.25, -0.2) is 9.18 Å². The first-order chi connectivity index (χ1) is 26.2. The van der Waals surface area contributed by atoms with Crippen molar-refractivity contribution < 1.29 is 72.7 Å². The molecule has 3 N–H and O–H groups in total. The van der Waals surface area contributed by atoms with E-state index in [9.17, 15) is 59.2 Å². The molecule has 0 bridgehead atoms. The average molecular weight is 798 g/mol. The zero-order valence-electron chi connectivity index (χ0n) is 31.4. The Hall–Kier alpha value is -5.01. The fraction of sp³-hybridized carbons (Fsp3) is 0.722. The molecule has 0 spiro atoms. The number of carboxylic acid groups (broad SMARTS) is 1. The fourth-order valence-corrected chi connectivity index (χ4v) is 9.54. The number of rotatable bonds is 20. The molecule has 19 nitrogen and oxygen atoms in total. The van der Waals surface area contributed by atoms with Crippen LogP contribution in [0.5, 0.6) is 0 Å². The van der Waals surface area contributed by atoms with Crippen molar-refractivity contribution in [1.82, 2.24) is 5.32 Å². The van der Waals surface area contributed by atoms with E-state index in [2.05, 4.69) is 15.0 Å². The van der Waals surface area contributed by atoms with Gasteiger partial charge in [0.1, 0.15) is 6.04 Å². The van der Waals surface area contributed by atoms with Gasteiger partial charge in [0.15, 0.2) is 23.7 Å². The smallest absolute Gasteiger partial charge is 0.326 e. The van der Waals surface area contributed by atoms with Crippen LogP contribution in [-0.4, -0.2) is 99.0 Å². The molecule has 2 fully saturated rings. The third-order valence-corrected chi connectivity index (χ3v) is 12.2. The van der Waals surface area contributed by atoms with E-state index in [1.807, 2.05) is 0 Å². The highest BCUT2D eigenvalue weighted by molar-refractivity contribution is 5.95. The van der Waals surface area contributed by atoms with Crippen LogP contribution >= 0.6 is 0 Å². The number of ketones is 2. The number of aliphatic hydroxyl groups excluding tert-OH is 1. The van der Waals surface area contributed by atoms with Crippen molar-refractivity contribution in [3.63, 3.8) is 0 Å². The van der Waals surface area contributed by atoms with Crippen LogP contribution in [0.1, 0.15) is 91.4 Å². The van der Waals surface area contributed by atoms with Crippen LogP contribution in [0.4, 0.5) is 4.39 Å². The number of allylic oxidation sites excluding steroid dienone is 4. The SMILES string of the molecule is C[C@H]1CC2C3CC=C4CC(=O)C=C[C@]4(C)[C@@]3(F)[C@@H](O)C[C@]2(C)[C@@]1(OC(=O)CCCO[N+](=O)[O-])C(=O)COC(=O)CC(NC(=O)CCCCCO[N+](=O)[O-])C(=O)O. The van der Waals surface area contributed by atoms with Crippen LogP contribution < -0.4 is 5.32 Å². The maximum Gasteiger partial charge on any atom is 0.326 e. The van der Waals surface area contributed by atoms with Gasteiger partial charge in [-0.2, -0.15) is 0 Å². The molecule has 0 aromatic carbocycles. The van der Waals surface area contributed by atoms with Gasteiger partial charge < -0.3 is 34.7 Å². The highest BCUT2D eigenvalue weighted by Gasteiger charge is 2.77. The molecule has 0 aliphatic heterocycles. The van der Waals surface area contributed by atoms with Gasteiger partial charge >= 0.3 is 17.9 Å². The number of carbonyl (C=O) groups is 6. The normalized spacial score (nSPS) is 32.0. The van der Waals surface area contributed by atoms with Gasteiger partial charge in [-0.15, -0.1) is 20.2 Å². The molecule has 4 aliphatic rings. The first-order valence-corrected chi connectivity index (χ1v) is 18.5. The second-order valence-corrected chi connectivity index (χ2v) is 15.4. The Kier molecular flexibility index (Phi) is 13.6. The first-order valence-electron chi connectivity index (χ1n) is 18.5. The number of halogens is 1. The summed E-state index contributed by atoms with van der Waals surface area (Å²) in [7, 11) is 0. The molecule has 56 heavy (non-hydrogen) atoms. The van der Waals surface area contributed by atoms with Gasteiger partial charge in [0.05, 0.1) is 25.7 Å². The zero-order valence-corrected chi connectivity index (χ0v) is 31.4. The molecule has 4 aliphatic carbocycles. The third-order valence-electron chi connectivity index (χ3n) is 12.2. The summed E-state index contributed by atoms with van der Waals surface area (Å²) in [6.45, 7) is 3.17. The van der Waals surface area contributed by atoms with Gasteiger partial charge in [-0.05, 0) is 57.4 Å². The predicted octanol–water partition coefficient (Wildman–Crippen LogP) is 2.71. The molecule has 3 unspecified atom stereocenters. The van der Waals surface area contributed by atoms with Crippen molar-refractivity contribution in [2.45, 2.75) is 115 Å². The molecule has 0 aromatic heterocycles. The lowest BCUT2D eigenvalue weighted by atomic mass is 9.45. The Morgan fingerprint density at radius 1 is 1.00 bits per heavy atom. The van der Waals surface area contributed by atoms with Crippen LogP contribution in [0.25, 0.3) is 0 Å². The fourth-order valence-electron chi connectivity index (χ4n) is 9.54. The second kappa shape index (κ2) is 17.4. The molecular formula is C36H48FN3O16. The molecule has 20 heteroatoms. The minimum absolute atomic E-state index is 0.0158. The summed E-state index contributed by atoms with van der Waals surface area (Å²) in [5.41, 5.74) is -6.67. The van der Waals surface area contributed by atoms with Crippen LogP contribution in [0.15, 0.2) is 23.8 Å². The van der Waals surface area contributed by atoms with E-state index in [-0.39, 0.29) is 63.8 Å². The Morgan fingerprint density at radius 3 is 2.30 bits per heavy atom. The number of fused-ring (bicyclic) bond motifs is 5. The number of ether oxygens (including phenoxy) is 2. The maximum atomic E-state index is 17.8. The van der Waals surface area contributed by atoms with Gasteiger partial charge in [0, 0.05) is 41.9 Å². The first kappa shape index (κ1) is 43.7. The van der Waals surface area contributed by atoms with Crippen LogP contribution in [-0.2, 0) is 47.9 Å². The molecule has 0 aromatic rings. The van der Waals surface area contributed by atoms with Crippen molar-refractivity contribution in [2.75, 3.05) is 19.8 Å². The predicted molar refractivity (Wildman–Crippen MR) is 185 cm³/mol. The largest absolute Gasteiger partial charge is 0.480 e. The van der Waals surface area contributed by atoms with Crippen LogP contribution in [0, 0.1) is 48.8 Å². The summed E-state index contributed by atoms with van der Waals surface area (Å²) < 4.78 is 29.0. The van der Waals surface area contributed by atoms with E-state index in [1.165, 1.54) is 12.2 Å².